The van der Waals surface area contributed by atoms with Crippen molar-refractivity contribution in [2.24, 2.45) is 0 Å². The number of rotatable bonds is 1. The summed E-state index contributed by atoms with van der Waals surface area (Å²) in [5.74, 6) is 0. The summed E-state index contributed by atoms with van der Waals surface area (Å²) >= 11 is 0. The molecule has 22 heavy (non-hydrogen) atoms. The van der Waals surface area contributed by atoms with E-state index in [4.69, 9.17) is 14.7 Å². The molecule has 0 bridgehead atoms. The van der Waals surface area contributed by atoms with Crippen LogP contribution >= 0.6 is 8.25 Å². The third-order valence-electron chi connectivity index (χ3n) is 0.0609. The average Bonchev–Trinajstić information content (AvgIpc) is 1.38. The van der Waals surface area contributed by atoms with Crippen molar-refractivity contribution in [3.63, 3.8) is 0 Å². The summed E-state index contributed by atoms with van der Waals surface area (Å²) in [6, 6.07) is 0. The van der Waals surface area contributed by atoms with Gasteiger partial charge in [-0.3, -0.25) is 0 Å². The van der Waals surface area contributed by atoms with E-state index in [1.807, 2.05) is 0 Å². The van der Waals surface area contributed by atoms with Crippen LogP contribution in [-0.2, 0) is 9.24 Å². The molecule has 0 saturated heterocycles. The monoisotopic (exact) mass is 412 g/mol. The molecule has 0 aromatic carbocycles. The zero-order chi connectivity index (χ0) is 4.28. The fourth-order valence-corrected chi connectivity index (χ4v) is 0. The molecule has 20 heteroatoms. The summed E-state index contributed by atoms with van der Waals surface area (Å²) in [6.45, 7) is 0. The molecule has 24 N–H and O–H groups in total. The van der Waals surface area contributed by atoms with Gasteiger partial charge in [0, 0.05) is 0 Å². The number of hydrogen-bond donors (Lipinski definition) is 0. The Kier molecular flexibility index (Phi) is 4100. The fraction of sp³-hybridized carbons (Fsp3) is 1.00. The van der Waals surface area contributed by atoms with E-state index < -0.39 is 8.25 Å². The van der Waals surface area contributed by atoms with Crippen molar-refractivity contribution in [3.8, 4) is 0 Å². The topological polar surface area (TPSA) is 450 Å². The first-order chi connectivity index (χ1) is 2.27. The summed E-state index contributed by atoms with van der Waals surface area (Å²) in [4.78, 5) is 8.87. The minimum atomic E-state index is -3.15. The normalized spacial score (nSPS) is 2.55. The quantitative estimate of drug-likeness (QED) is 0.175. The van der Waals surface area contributed by atoms with Crippen LogP contribution in [0.3, 0.4) is 0 Å². The molecule has 0 rings (SSSR count). The molecule has 0 aliphatic heterocycles. The van der Waals surface area contributed by atoms with Crippen LogP contribution in [0.15, 0.2) is 0 Å². The van der Waals surface area contributed by atoms with E-state index in [0.29, 0.717) is 0 Å². The molecule has 0 radical (unpaired) electrons. The Morgan fingerprint density at radius 1 is 0.545 bits per heavy atom. The van der Waals surface area contributed by atoms with Gasteiger partial charge < -0.3 is 75.9 Å². The molecule has 0 aromatic heterocycles. The largest absolute Gasteiger partial charge is 1.00 e. The first-order valence-electron chi connectivity index (χ1n) is 0.714. The second-order valence-corrected chi connectivity index (χ2v) is 0.894. The average molecular weight is 412 g/mol. The minimum absolute atomic E-state index is 0. The molecule has 0 amide bonds. The third kappa shape index (κ3) is 514. The molecule has 0 aliphatic rings. The van der Waals surface area contributed by atoms with E-state index in [1.54, 1.807) is 0 Å². The Morgan fingerprint density at radius 2 is 0.591 bits per heavy atom. The van der Waals surface area contributed by atoms with Crippen LogP contribution in [0, 0.1) is 0 Å². The van der Waals surface area contributed by atoms with Crippen LogP contribution in [0.5, 0.6) is 0 Å². The number of hydrogen-bond acceptors (Lipinski definition) is 4. The molecule has 0 aliphatic carbocycles. The van der Waals surface area contributed by atoms with Crippen LogP contribution in [-0.4, -0.2) is 65.7 Å². The minimum Gasteiger partial charge on any atom is -0.674 e. The molecule has 1 unspecified atom stereocenters. The molecule has 16 nitrogen and oxygen atoms in total. The van der Waals surface area contributed by atoms with E-state index >= 15 is 0 Å². The van der Waals surface area contributed by atoms with Crippen molar-refractivity contribution in [3.05, 3.63) is 0 Å². The summed E-state index contributed by atoms with van der Waals surface area (Å²) in [5.41, 5.74) is 0. The van der Waals surface area contributed by atoms with Gasteiger partial charge in [-0.05, 0) is 4.57 Å². The van der Waals surface area contributed by atoms with Gasteiger partial charge in [0.2, 0.25) is 0 Å². The van der Waals surface area contributed by atoms with Crippen LogP contribution < -0.4 is 98.8 Å². The van der Waals surface area contributed by atoms with Gasteiger partial charge in [-0.25, -0.2) is 4.67 Å². The van der Waals surface area contributed by atoms with E-state index in [-0.39, 0.29) is 169 Å². The molecular formula is C2H32Na3O16P+2. The van der Waals surface area contributed by atoms with Crippen molar-refractivity contribution in [2.75, 3.05) is 0 Å². The predicted octanol–water partition coefficient (Wildman–Crippen LogP) is -19.3. The maximum atomic E-state index is 8.87. The van der Waals surface area contributed by atoms with Crippen molar-refractivity contribution < 1.29 is 174 Å². The van der Waals surface area contributed by atoms with Crippen LogP contribution in [0.4, 0.5) is 0 Å². The zero-order valence-electron chi connectivity index (χ0n) is 11.1. The molecule has 0 saturated carbocycles. The van der Waals surface area contributed by atoms with Gasteiger partial charge in [-0.1, -0.05) is 14.9 Å². The summed E-state index contributed by atoms with van der Waals surface area (Å²) in [6.07, 6.45) is 0. The maximum absolute atomic E-state index is 8.87. The van der Waals surface area contributed by atoms with Crippen molar-refractivity contribution >= 4 is 8.25 Å². The van der Waals surface area contributed by atoms with Gasteiger partial charge >= 0.3 is 96.9 Å². The van der Waals surface area contributed by atoms with Crippen molar-refractivity contribution in [1.82, 2.24) is 0 Å². The zero-order valence-corrected chi connectivity index (χ0v) is 18.0. The van der Waals surface area contributed by atoms with Crippen LogP contribution in [0.25, 0.3) is 0 Å². The molecule has 1 atom stereocenters. The molecule has 142 valence electrons. The third-order valence-corrected chi connectivity index (χ3v) is 0.183. The van der Waals surface area contributed by atoms with Gasteiger partial charge in [0.25, 0.3) is 0 Å². The van der Waals surface area contributed by atoms with Gasteiger partial charge in [-0.2, -0.15) is 0 Å². The smallest absolute Gasteiger partial charge is 0.674 e. The van der Waals surface area contributed by atoms with Gasteiger partial charge in [0.15, 0.2) is 0 Å². The summed E-state index contributed by atoms with van der Waals surface area (Å²) < 4.78 is 11.3. The SMILES string of the molecule is C.C.O.O.O.O.O.O.O.O.O.O.O.O.O=[P+]([O-])O[O-].[Na+].[Na+].[Na+]. The second kappa shape index (κ2) is 282. The Balaban J connectivity index is -0.000000000588. The van der Waals surface area contributed by atoms with E-state index in [1.165, 1.54) is 0 Å². The molecule has 0 fully saturated rings. The second-order valence-electron chi connectivity index (χ2n) is 0.298. The Hall–Kier alpha value is 2.50. The maximum Gasteiger partial charge on any atom is 1.00 e. The summed E-state index contributed by atoms with van der Waals surface area (Å²) in [5, 5.41) is 8.53. The standard InChI is InChI=1S/2CH4.3Na.HO4P.12H2O/c;;;;;1-4-5(2)3;;;;;;;;;;;;/h2*1H4;;;;1H;12*1H2/q;;3*+1;;;;;;;;;;;;;/p-1. The molecule has 0 heterocycles. The van der Waals surface area contributed by atoms with E-state index in [9.17, 15) is 0 Å². The first-order valence-corrected chi connectivity index (χ1v) is 1.81. The predicted molar refractivity (Wildman–Crippen MR) is 65.5 cm³/mol. The molecule has 0 spiro atoms. The Bertz CT molecular complexity index is 62.7. The van der Waals surface area contributed by atoms with Crippen molar-refractivity contribution in [1.29, 1.82) is 0 Å². The van der Waals surface area contributed by atoms with Crippen LogP contribution in [0.2, 0.25) is 0 Å². The molecular weight excluding hydrogens is 380 g/mol. The van der Waals surface area contributed by atoms with E-state index in [2.05, 4.69) is 4.67 Å². The van der Waals surface area contributed by atoms with Gasteiger partial charge in [0.05, 0.1) is 0 Å². The molecule has 0 aromatic rings. The fourth-order valence-electron chi connectivity index (χ4n) is 0. The van der Waals surface area contributed by atoms with Crippen molar-refractivity contribution in [2.45, 2.75) is 14.9 Å². The van der Waals surface area contributed by atoms with Gasteiger partial charge in [-0.15, -0.1) is 0 Å². The van der Waals surface area contributed by atoms with E-state index in [0.717, 1.165) is 0 Å². The Labute approximate surface area is 195 Å². The summed E-state index contributed by atoms with van der Waals surface area (Å²) in [7, 11) is -3.15. The first kappa shape index (κ1) is 320. The Morgan fingerprint density at radius 3 is 0.591 bits per heavy atom. The van der Waals surface area contributed by atoms with Crippen LogP contribution in [0.1, 0.15) is 14.9 Å². The van der Waals surface area contributed by atoms with Gasteiger partial charge in [0.1, 0.15) is 0 Å².